The van der Waals surface area contributed by atoms with Gasteiger partial charge in [0.05, 0.1) is 0 Å². The summed E-state index contributed by atoms with van der Waals surface area (Å²) in [4.78, 5) is 2.43. The minimum atomic E-state index is 0.116. The molecule has 4 heteroatoms. The van der Waals surface area contributed by atoms with Gasteiger partial charge in [0.15, 0.2) is 0 Å². The SMILES string of the molecule is CC(c1ccc(O)cc1O)N1CCC2CCC(C1)N2. The van der Waals surface area contributed by atoms with Crippen molar-refractivity contribution in [2.45, 2.75) is 44.3 Å². The molecule has 0 aromatic heterocycles. The molecule has 3 atom stereocenters. The molecular formula is C15H22N2O2. The van der Waals surface area contributed by atoms with E-state index in [4.69, 9.17) is 0 Å². The summed E-state index contributed by atoms with van der Waals surface area (Å²) in [7, 11) is 0. The lowest BCUT2D eigenvalue weighted by atomic mass is 10.0. The molecule has 2 aliphatic heterocycles. The summed E-state index contributed by atoms with van der Waals surface area (Å²) >= 11 is 0. The second-order valence-electron chi connectivity index (χ2n) is 5.84. The maximum atomic E-state index is 9.99. The van der Waals surface area contributed by atoms with Crippen LogP contribution in [0.15, 0.2) is 18.2 Å². The van der Waals surface area contributed by atoms with Crippen molar-refractivity contribution in [1.82, 2.24) is 10.2 Å². The van der Waals surface area contributed by atoms with Gasteiger partial charge in [0.25, 0.3) is 0 Å². The Morgan fingerprint density at radius 2 is 2.00 bits per heavy atom. The minimum absolute atomic E-state index is 0.116. The van der Waals surface area contributed by atoms with Crippen molar-refractivity contribution < 1.29 is 10.2 Å². The molecule has 0 spiro atoms. The summed E-state index contributed by atoms with van der Waals surface area (Å²) < 4.78 is 0. The molecule has 0 saturated carbocycles. The normalized spacial score (nSPS) is 29.1. The Labute approximate surface area is 114 Å². The number of phenolic OH excluding ortho intramolecular Hbond substituents is 2. The number of hydrogen-bond acceptors (Lipinski definition) is 4. The average molecular weight is 262 g/mol. The Bertz CT molecular complexity index is 463. The molecular weight excluding hydrogens is 240 g/mol. The number of nitrogens with one attached hydrogen (secondary N) is 1. The van der Waals surface area contributed by atoms with Crippen molar-refractivity contribution in [2.24, 2.45) is 0 Å². The summed E-state index contributed by atoms with van der Waals surface area (Å²) in [6.07, 6.45) is 3.74. The summed E-state index contributed by atoms with van der Waals surface area (Å²) in [5.41, 5.74) is 0.899. The van der Waals surface area contributed by atoms with Gasteiger partial charge < -0.3 is 15.5 Å². The van der Waals surface area contributed by atoms with Crippen LogP contribution < -0.4 is 5.32 Å². The Balaban J connectivity index is 1.77. The molecule has 19 heavy (non-hydrogen) atoms. The smallest absolute Gasteiger partial charge is 0.124 e. The largest absolute Gasteiger partial charge is 0.508 e. The maximum Gasteiger partial charge on any atom is 0.124 e. The molecule has 2 saturated heterocycles. The van der Waals surface area contributed by atoms with Gasteiger partial charge in [0, 0.05) is 42.8 Å². The highest BCUT2D eigenvalue weighted by molar-refractivity contribution is 5.40. The lowest BCUT2D eigenvalue weighted by Gasteiger charge is -2.31. The van der Waals surface area contributed by atoms with Crippen molar-refractivity contribution in [1.29, 1.82) is 0 Å². The number of hydrogen-bond donors (Lipinski definition) is 3. The van der Waals surface area contributed by atoms with E-state index in [1.807, 2.05) is 6.07 Å². The fourth-order valence-corrected chi connectivity index (χ4v) is 3.40. The Kier molecular flexibility index (Phi) is 3.37. The van der Waals surface area contributed by atoms with Crippen molar-refractivity contribution in [3.05, 3.63) is 23.8 Å². The number of benzene rings is 1. The third-order valence-corrected chi connectivity index (χ3v) is 4.57. The molecule has 3 N–H and O–H groups in total. The topological polar surface area (TPSA) is 55.7 Å². The highest BCUT2D eigenvalue weighted by Gasteiger charge is 2.31. The van der Waals surface area contributed by atoms with Gasteiger partial charge in [0.2, 0.25) is 0 Å². The fourth-order valence-electron chi connectivity index (χ4n) is 3.40. The quantitative estimate of drug-likeness (QED) is 0.763. The van der Waals surface area contributed by atoms with Crippen molar-refractivity contribution >= 4 is 0 Å². The molecule has 0 aliphatic carbocycles. The standard InChI is InChI=1S/C15H22N2O2/c1-10(14-5-4-13(18)8-15(14)19)17-7-6-11-2-3-12(9-17)16-11/h4-5,8,10-12,16,18-19H,2-3,6-7,9H2,1H3. The molecule has 104 valence electrons. The molecule has 3 rings (SSSR count). The van der Waals surface area contributed by atoms with Gasteiger partial charge in [0.1, 0.15) is 11.5 Å². The van der Waals surface area contributed by atoms with E-state index in [1.165, 1.54) is 25.3 Å². The molecule has 3 unspecified atom stereocenters. The van der Waals surface area contributed by atoms with Gasteiger partial charge in [-0.25, -0.2) is 0 Å². The Morgan fingerprint density at radius 3 is 2.79 bits per heavy atom. The number of likely N-dealkylation sites (tertiary alicyclic amines) is 1. The highest BCUT2D eigenvalue weighted by atomic mass is 16.3. The Morgan fingerprint density at radius 1 is 1.21 bits per heavy atom. The summed E-state index contributed by atoms with van der Waals surface area (Å²) in [5.74, 6) is 0.305. The van der Waals surface area contributed by atoms with E-state index in [9.17, 15) is 10.2 Å². The van der Waals surface area contributed by atoms with Crippen LogP contribution >= 0.6 is 0 Å². The van der Waals surface area contributed by atoms with Crippen molar-refractivity contribution in [3.8, 4) is 11.5 Å². The predicted octanol–water partition coefficient (Wildman–Crippen LogP) is 1.99. The van der Waals surface area contributed by atoms with Crippen LogP contribution in [0.1, 0.15) is 37.8 Å². The van der Waals surface area contributed by atoms with Crippen LogP contribution in [0.2, 0.25) is 0 Å². The van der Waals surface area contributed by atoms with E-state index in [0.717, 1.165) is 18.7 Å². The van der Waals surface area contributed by atoms with Gasteiger partial charge >= 0.3 is 0 Å². The highest BCUT2D eigenvalue weighted by Crippen LogP contribution is 2.33. The fraction of sp³-hybridized carbons (Fsp3) is 0.600. The third kappa shape index (κ3) is 2.55. The first-order chi connectivity index (χ1) is 9.13. The van der Waals surface area contributed by atoms with Gasteiger partial charge in [-0.05, 0) is 32.3 Å². The van der Waals surface area contributed by atoms with Crippen LogP contribution in [0.4, 0.5) is 0 Å². The molecule has 2 fully saturated rings. The molecule has 4 nitrogen and oxygen atoms in total. The number of rotatable bonds is 2. The number of aromatic hydroxyl groups is 2. The first kappa shape index (κ1) is 12.8. The summed E-state index contributed by atoms with van der Waals surface area (Å²) in [6.45, 7) is 4.23. The van der Waals surface area contributed by atoms with Crippen LogP contribution in [-0.4, -0.2) is 40.3 Å². The van der Waals surface area contributed by atoms with Crippen molar-refractivity contribution in [3.63, 3.8) is 0 Å². The zero-order chi connectivity index (χ0) is 13.4. The second-order valence-corrected chi connectivity index (χ2v) is 5.84. The van der Waals surface area contributed by atoms with E-state index < -0.39 is 0 Å². The van der Waals surface area contributed by atoms with Crippen LogP contribution in [0, 0.1) is 0 Å². The monoisotopic (exact) mass is 262 g/mol. The molecule has 0 amide bonds. The number of fused-ring (bicyclic) bond motifs is 2. The molecule has 2 bridgehead atoms. The van der Waals surface area contributed by atoms with Crippen LogP contribution in [0.3, 0.4) is 0 Å². The Hall–Kier alpha value is -1.26. The van der Waals surface area contributed by atoms with Gasteiger partial charge in [-0.1, -0.05) is 6.07 Å². The van der Waals surface area contributed by atoms with E-state index in [1.54, 1.807) is 6.07 Å². The van der Waals surface area contributed by atoms with E-state index in [-0.39, 0.29) is 17.5 Å². The van der Waals surface area contributed by atoms with Crippen LogP contribution in [0.25, 0.3) is 0 Å². The second kappa shape index (κ2) is 5.02. The number of nitrogens with zero attached hydrogens (tertiary/aromatic N) is 1. The molecule has 2 aliphatic rings. The van der Waals surface area contributed by atoms with E-state index >= 15 is 0 Å². The van der Waals surface area contributed by atoms with Crippen molar-refractivity contribution in [2.75, 3.05) is 13.1 Å². The minimum Gasteiger partial charge on any atom is -0.508 e. The molecule has 2 heterocycles. The van der Waals surface area contributed by atoms with Crippen LogP contribution in [0.5, 0.6) is 11.5 Å². The van der Waals surface area contributed by atoms with Gasteiger partial charge in [-0.2, -0.15) is 0 Å². The summed E-state index contributed by atoms with van der Waals surface area (Å²) in [6, 6.07) is 6.35. The predicted molar refractivity (Wildman–Crippen MR) is 74.3 cm³/mol. The third-order valence-electron chi connectivity index (χ3n) is 4.57. The zero-order valence-corrected chi connectivity index (χ0v) is 11.3. The first-order valence-electron chi connectivity index (χ1n) is 7.15. The average Bonchev–Trinajstić information content (AvgIpc) is 2.68. The first-order valence-corrected chi connectivity index (χ1v) is 7.15. The summed E-state index contributed by atoms with van der Waals surface area (Å²) in [5, 5.41) is 23.0. The number of phenols is 2. The van der Waals surface area contributed by atoms with E-state index in [2.05, 4.69) is 17.1 Å². The maximum absolute atomic E-state index is 9.99. The molecule has 1 aromatic rings. The van der Waals surface area contributed by atoms with Gasteiger partial charge in [-0.3, -0.25) is 4.90 Å². The van der Waals surface area contributed by atoms with Crippen LogP contribution in [-0.2, 0) is 0 Å². The lowest BCUT2D eigenvalue weighted by molar-refractivity contribution is 0.197. The van der Waals surface area contributed by atoms with Gasteiger partial charge in [-0.15, -0.1) is 0 Å². The lowest BCUT2D eigenvalue weighted by Crippen LogP contribution is -2.36. The molecule has 1 aromatic carbocycles. The molecule has 0 radical (unpaired) electrons. The zero-order valence-electron chi connectivity index (χ0n) is 11.3. The van der Waals surface area contributed by atoms with E-state index in [0.29, 0.717) is 12.1 Å².